The zero-order chi connectivity index (χ0) is 15.6. The number of carbonyl (C=O) groups excluding carboxylic acids is 1. The van der Waals surface area contributed by atoms with Crippen LogP contribution in [0.2, 0.25) is 45.8 Å². The van der Waals surface area contributed by atoms with Crippen molar-refractivity contribution in [3.8, 4) is 0 Å². The van der Waals surface area contributed by atoms with Gasteiger partial charge in [0.1, 0.15) is 0 Å². The Morgan fingerprint density at radius 3 is 1.47 bits per heavy atom. The highest BCUT2D eigenvalue weighted by molar-refractivity contribution is 6.87. The Hall–Kier alpha value is -0.219. The largest absolute Gasteiger partial charge is 0.437 e. The molecule has 0 aromatic heterocycles. The van der Waals surface area contributed by atoms with Gasteiger partial charge in [-0.3, -0.25) is 4.79 Å². The van der Waals surface area contributed by atoms with Gasteiger partial charge >= 0.3 is 8.72 Å². The number of carbonyl (C=O) groups is 1. The minimum absolute atomic E-state index is 0.0920. The Balaban J connectivity index is 5.38. The van der Waals surface area contributed by atoms with Gasteiger partial charge in [0.05, 0.1) is 0 Å². The minimum atomic E-state index is -2.70. The first kappa shape index (κ1) is 18.8. The first-order valence-corrected chi connectivity index (χ1v) is 15.6. The van der Waals surface area contributed by atoms with Crippen molar-refractivity contribution in [1.29, 1.82) is 0 Å². The zero-order valence-corrected chi connectivity index (χ0v) is 16.9. The molecule has 1 amide bonds. The molecule has 0 saturated heterocycles. The van der Waals surface area contributed by atoms with E-state index in [9.17, 15) is 4.79 Å². The molecule has 0 spiro atoms. The van der Waals surface area contributed by atoms with E-state index in [2.05, 4.69) is 45.9 Å². The van der Waals surface area contributed by atoms with Crippen LogP contribution in [0.5, 0.6) is 0 Å². The number of rotatable bonds is 6. The van der Waals surface area contributed by atoms with E-state index in [4.69, 9.17) is 8.23 Å². The van der Waals surface area contributed by atoms with E-state index >= 15 is 0 Å². The van der Waals surface area contributed by atoms with E-state index in [0.717, 1.165) is 0 Å². The molecule has 7 heteroatoms. The minimum Gasteiger partial charge on any atom is -0.421 e. The molecule has 0 saturated carbocycles. The maximum Gasteiger partial charge on any atom is 0.437 e. The predicted molar refractivity (Wildman–Crippen MR) is 88.1 cm³/mol. The number of hydrogen-bond donors (Lipinski definition) is 0. The van der Waals surface area contributed by atoms with E-state index < -0.39 is 25.4 Å². The average Bonchev–Trinajstić information content (AvgIpc) is 2.08. The molecule has 0 rings (SSSR count). The van der Waals surface area contributed by atoms with E-state index in [1.165, 1.54) is 0 Å². The van der Waals surface area contributed by atoms with Crippen molar-refractivity contribution < 1.29 is 13.0 Å². The Kier molecular flexibility index (Phi) is 5.97. The van der Waals surface area contributed by atoms with Crippen molar-refractivity contribution in [2.24, 2.45) is 0 Å². The second kappa shape index (κ2) is 6.04. The fourth-order valence-electron chi connectivity index (χ4n) is 1.76. The van der Waals surface area contributed by atoms with Crippen molar-refractivity contribution in [3.05, 3.63) is 12.2 Å². The third-order valence-corrected chi connectivity index (χ3v) is 11.6. The van der Waals surface area contributed by atoms with Gasteiger partial charge in [0.2, 0.25) is 5.91 Å². The second-order valence-electron chi connectivity index (χ2n) is 6.97. The molecule has 0 bridgehead atoms. The van der Waals surface area contributed by atoms with Gasteiger partial charge in [0, 0.05) is 12.6 Å². The lowest BCUT2D eigenvalue weighted by molar-refractivity contribution is -0.123. The molecule has 0 unspecified atom stereocenters. The van der Waals surface area contributed by atoms with E-state index in [0.29, 0.717) is 5.57 Å². The summed E-state index contributed by atoms with van der Waals surface area (Å²) >= 11 is 0. The van der Waals surface area contributed by atoms with Crippen molar-refractivity contribution in [1.82, 2.24) is 4.57 Å². The summed E-state index contributed by atoms with van der Waals surface area (Å²) in [5.41, 5.74) is 0.513. The molecule has 0 aromatic carbocycles. The van der Waals surface area contributed by atoms with Crippen molar-refractivity contribution in [3.63, 3.8) is 0 Å². The van der Waals surface area contributed by atoms with Gasteiger partial charge in [-0.1, -0.05) is 6.58 Å². The monoisotopic (exact) mass is 319 g/mol. The molecule has 0 N–H and O–H groups in total. The molecule has 0 aromatic rings. The Morgan fingerprint density at radius 2 is 1.26 bits per heavy atom. The summed E-state index contributed by atoms with van der Waals surface area (Å²) in [5.74, 6) is -0.0920. The van der Waals surface area contributed by atoms with Crippen LogP contribution in [0.1, 0.15) is 6.92 Å². The quantitative estimate of drug-likeness (QED) is 0.557. The van der Waals surface area contributed by atoms with Gasteiger partial charge in [0.25, 0.3) is 0 Å². The summed E-state index contributed by atoms with van der Waals surface area (Å²) in [6.45, 7) is 20.1. The fourth-order valence-corrected chi connectivity index (χ4v) is 13.1. The molecule has 0 aliphatic carbocycles. The van der Waals surface area contributed by atoms with Crippen LogP contribution in [-0.4, -0.2) is 42.9 Å². The van der Waals surface area contributed by atoms with Crippen molar-refractivity contribution in [2.75, 3.05) is 7.05 Å². The standard InChI is InChI=1S/C12H29NO3Si3/c1-11(2)12(14)13(3)19(10,15-17(4,5)6)16-18(7,8)9/h1H2,2-10H3. The summed E-state index contributed by atoms with van der Waals surface area (Å²) in [6.07, 6.45) is 0. The topological polar surface area (TPSA) is 38.8 Å². The molecule has 0 fully saturated rings. The smallest absolute Gasteiger partial charge is 0.421 e. The normalized spacial score (nSPS) is 13.3. The summed E-state index contributed by atoms with van der Waals surface area (Å²) in [4.78, 5) is 12.2. The first-order chi connectivity index (χ1) is 8.18. The van der Waals surface area contributed by atoms with Crippen LogP contribution >= 0.6 is 0 Å². The highest BCUT2D eigenvalue weighted by atomic mass is 28.5. The lowest BCUT2D eigenvalue weighted by atomic mass is 10.3. The lowest BCUT2D eigenvalue weighted by Gasteiger charge is -2.42. The molecule has 0 aliphatic heterocycles. The van der Waals surface area contributed by atoms with Crippen LogP contribution < -0.4 is 0 Å². The Bertz CT molecular complexity index is 342. The van der Waals surface area contributed by atoms with Crippen LogP contribution in [0.4, 0.5) is 0 Å². The molecule has 4 nitrogen and oxygen atoms in total. The maximum atomic E-state index is 12.2. The van der Waals surface area contributed by atoms with Crippen LogP contribution in [0.25, 0.3) is 0 Å². The molecule has 112 valence electrons. The Morgan fingerprint density at radius 1 is 0.947 bits per heavy atom. The van der Waals surface area contributed by atoms with Crippen molar-refractivity contribution >= 4 is 31.3 Å². The predicted octanol–water partition coefficient (Wildman–Crippen LogP) is 3.29. The summed E-state index contributed by atoms with van der Waals surface area (Å²) < 4.78 is 14.2. The van der Waals surface area contributed by atoms with Crippen LogP contribution in [-0.2, 0) is 13.0 Å². The van der Waals surface area contributed by atoms with Gasteiger partial charge in [-0.15, -0.1) is 0 Å². The highest BCUT2D eigenvalue weighted by Crippen LogP contribution is 2.24. The number of nitrogens with zero attached hydrogens (tertiary/aromatic N) is 1. The fraction of sp³-hybridized carbons (Fsp3) is 0.750. The highest BCUT2D eigenvalue weighted by Gasteiger charge is 2.47. The van der Waals surface area contributed by atoms with Crippen LogP contribution in [0.3, 0.4) is 0 Å². The number of hydrogen-bond acceptors (Lipinski definition) is 3. The summed E-state index contributed by atoms with van der Waals surface area (Å²) in [7, 11) is -4.54. The molecule has 0 aliphatic rings. The number of amides is 1. The number of likely N-dealkylation sites (N-methyl/N-ethyl adjacent to an activating group) is 1. The van der Waals surface area contributed by atoms with Crippen molar-refractivity contribution in [2.45, 2.75) is 52.8 Å². The molecule has 0 atom stereocenters. The van der Waals surface area contributed by atoms with Gasteiger partial charge < -0.3 is 12.8 Å². The van der Waals surface area contributed by atoms with Gasteiger partial charge in [-0.25, -0.2) is 0 Å². The lowest BCUT2D eigenvalue weighted by Crippen LogP contribution is -2.64. The van der Waals surface area contributed by atoms with Gasteiger partial charge in [-0.2, -0.15) is 0 Å². The van der Waals surface area contributed by atoms with Gasteiger partial charge in [-0.05, 0) is 52.8 Å². The van der Waals surface area contributed by atoms with E-state index in [-0.39, 0.29) is 5.91 Å². The molecular formula is C12H29NO3Si3. The summed E-state index contributed by atoms with van der Waals surface area (Å²) in [5, 5.41) is 0. The first-order valence-electron chi connectivity index (χ1n) is 6.52. The van der Waals surface area contributed by atoms with Crippen LogP contribution in [0.15, 0.2) is 12.2 Å². The molecule has 0 heterocycles. The molecule has 0 radical (unpaired) electrons. The second-order valence-corrected chi connectivity index (χ2v) is 19.5. The SMILES string of the molecule is C=C(C)C(=O)N(C)[Si](C)(O[Si](C)(C)C)O[Si](C)(C)C. The van der Waals surface area contributed by atoms with E-state index in [1.54, 1.807) is 18.5 Å². The Labute approximate surface area is 121 Å². The molecule has 19 heavy (non-hydrogen) atoms. The van der Waals surface area contributed by atoms with E-state index in [1.807, 2.05) is 6.55 Å². The summed E-state index contributed by atoms with van der Waals surface area (Å²) in [6, 6.07) is 0. The third-order valence-electron chi connectivity index (χ3n) is 2.27. The maximum absolute atomic E-state index is 12.2. The van der Waals surface area contributed by atoms with Crippen LogP contribution in [0, 0.1) is 0 Å². The third kappa shape index (κ3) is 6.66. The average molecular weight is 320 g/mol. The molecular weight excluding hydrogens is 290 g/mol. The zero-order valence-electron chi connectivity index (χ0n) is 13.9. The van der Waals surface area contributed by atoms with Gasteiger partial charge in [0.15, 0.2) is 16.6 Å².